The predicted octanol–water partition coefficient (Wildman–Crippen LogP) is 5.50. The molecule has 0 radical (unpaired) electrons. The van der Waals surface area contributed by atoms with Gasteiger partial charge in [-0.1, -0.05) is 54.6 Å². The Bertz CT molecular complexity index is 1160. The molecule has 1 amide bonds. The summed E-state index contributed by atoms with van der Waals surface area (Å²) in [4.78, 5) is 23.7. The zero-order chi connectivity index (χ0) is 23.8. The lowest BCUT2D eigenvalue weighted by molar-refractivity contribution is -0.150. The third kappa shape index (κ3) is 4.38. The van der Waals surface area contributed by atoms with Gasteiger partial charge in [-0.2, -0.15) is 0 Å². The van der Waals surface area contributed by atoms with Crippen molar-refractivity contribution >= 4 is 16.7 Å². The molecule has 2 bridgehead atoms. The number of amides is 1. The summed E-state index contributed by atoms with van der Waals surface area (Å²) >= 11 is 0. The molecule has 0 spiro atoms. The summed E-state index contributed by atoms with van der Waals surface area (Å²) in [5.74, 6) is 1.08. The highest BCUT2D eigenvalue weighted by atomic mass is 16.2. The quantitative estimate of drug-likeness (QED) is 0.497. The van der Waals surface area contributed by atoms with Crippen LogP contribution in [-0.4, -0.2) is 52.9 Å². The van der Waals surface area contributed by atoms with Crippen LogP contribution in [0.3, 0.4) is 0 Å². The van der Waals surface area contributed by atoms with E-state index in [1.54, 1.807) is 0 Å². The van der Waals surface area contributed by atoms with Crippen LogP contribution in [0.5, 0.6) is 0 Å². The fourth-order valence-corrected chi connectivity index (χ4v) is 7.21. The minimum atomic E-state index is -0.249. The molecule has 3 saturated heterocycles. The molecule has 0 aliphatic carbocycles. The number of hydrogen-bond donors (Lipinski definition) is 0. The maximum atomic E-state index is 14.4. The van der Waals surface area contributed by atoms with E-state index < -0.39 is 0 Å². The zero-order valence-corrected chi connectivity index (χ0v) is 20.9. The van der Waals surface area contributed by atoms with E-state index in [2.05, 4.69) is 82.6 Å². The van der Waals surface area contributed by atoms with Crippen LogP contribution < -0.4 is 0 Å². The molecule has 2 unspecified atom stereocenters. The largest absolute Gasteiger partial charge is 0.336 e. The van der Waals surface area contributed by atoms with Crippen molar-refractivity contribution in [2.75, 3.05) is 20.1 Å². The maximum Gasteiger partial charge on any atom is 0.229 e. The second-order valence-electron chi connectivity index (χ2n) is 11.4. The Kier molecular flexibility index (Phi) is 6.09. The molecule has 3 fully saturated rings. The van der Waals surface area contributed by atoms with Crippen molar-refractivity contribution in [3.8, 4) is 0 Å². The number of likely N-dealkylation sites (tertiary alicyclic amines) is 1. The molecule has 4 nitrogen and oxygen atoms in total. The minimum absolute atomic E-state index is 0.249. The molecule has 182 valence electrons. The van der Waals surface area contributed by atoms with Crippen LogP contribution in [0.2, 0.25) is 0 Å². The number of benzene rings is 2. The molecule has 2 aromatic carbocycles. The van der Waals surface area contributed by atoms with Crippen molar-refractivity contribution in [2.24, 2.45) is 11.3 Å². The van der Waals surface area contributed by atoms with E-state index in [0.717, 1.165) is 51.6 Å². The number of rotatable bonds is 5. The normalized spacial score (nSPS) is 26.2. The fourth-order valence-electron chi connectivity index (χ4n) is 7.21. The number of carbonyl (C=O) groups is 1. The summed E-state index contributed by atoms with van der Waals surface area (Å²) < 4.78 is 0. The SMILES string of the molecule is CN1CCC(Cc2ccccc2)(C(=O)N2C3CCC2CC(Cc2cncc4ccccc24)C3)CC1. The monoisotopic (exact) mass is 467 g/mol. The van der Waals surface area contributed by atoms with Crippen molar-refractivity contribution in [1.82, 2.24) is 14.8 Å². The molecule has 4 heterocycles. The van der Waals surface area contributed by atoms with Gasteiger partial charge in [0.1, 0.15) is 0 Å². The third-order valence-corrected chi connectivity index (χ3v) is 9.11. The average Bonchev–Trinajstić information content (AvgIpc) is 3.15. The summed E-state index contributed by atoms with van der Waals surface area (Å²) in [6.45, 7) is 2.02. The minimum Gasteiger partial charge on any atom is -0.336 e. The average molecular weight is 468 g/mol. The van der Waals surface area contributed by atoms with Gasteiger partial charge in [-0.3, -0.25) is 9.78 Å². The van der Waals surface area contributed by atoms with Gasteiger partial charge in [-0.25, -0.2) is 0 Å². The van der Waals surface area contributed by atoms with Crippen LogP contribution in [-0.2, 0) is 17.6 Å². The summed E-state index contributed by atoms with van der Waals surface area (Å²) in [7, 11) is 2.19. The van der Waals surface area contributed by atoms with Gasteiger partial charge in [0.2, 0.25) is 5.91 Å². The van der Waals surface area contributed by atoms with Crippen molar-refractivity contribution in [1.29, 1.82) is 0 Å². The lowest BCUT2D eigenvalue weighted by Crippen LogP contribution is -2.56. The van der Waals surface area contributed by atoms with Crippen LogP contribution in [0.1, 0.15) is 49.7 Å². The van der Waals surface area contributed by atoms with E-state index in [0.29, 0.717) is 23.9 Å². The molecule has 0 saturated carbocycles. The van der Waals surface area contributed by atoms with Gasteiger partial charge in [-0.15, -0.1) is 0 Å². The van der Waals surface area contributed by atoms with E-state index in [1.165, 1.54) is 34.7 Å². The predicted molar refractivity (Wildman–Crippen MR) is 141 cm³/mol. The Balaban J connectivity index is 1.21. The van der Waals surface area contributed by atoms with E-state index >= 15 is 0 Å². The van der Waals surface area contributed by atoms with E-state index in [4.69, 9.17) is 0 Å². The Hall–Kier alpha value is -2.72. The number of aromatic nitrogens is 1. The Morgan fingerprint density at radius 1 is 0.943 bits per heavy atom. The standard InChI is InChI=1S/C31H37N3O/c1-33-15-13-31(14-16-33,20-23-7-3-2-4-8-23)30(35)34-27-11-12-28(34)19-24(18-27)17-26-22-32-21-25-9-5-6-10-29(25)26/h2-10,21-22,24,27-28H,11-20H2,1H3. The van der Waals surface area contributed by atoms with Gasteiger partial charge >= 0.3 is 0 Å². The molecular weight excluding hydrogens is 430 g/mol. The molecule has 1 aromatic heterocycles. The first-order valence-corrected chi connectivity index (χ1v) is 13.5. The number of hydrogen-bond acceptors (Lipinski definition) is 3. The third-order valence-electron chi connectivity index (χ3n) is 9.11. The molecule has 0 N–H and O–H groups in total. The molecular formula is C31H37N3O. The summed E-state index contributed by atoms with van der Waals surface area (Å²) in [5.41, 5.74) is 2.42. The van der Waals surface area contributed by atoms with Crippen LogP contribution in [0, 0.1) is 11.3 Å². The number of piperidine rings is 2. The molecule has 3 aliphatic rings. The smallest absolute Gasteiger partial charge is 0.229 e. The number of carbonyl (C=O) groups excluding carboxylic acids is 1. The van der Waals surface area contributed by atoms with Crippen molar-refractivity contribution in [3.05, 3.63) is 78.1 Å². The molecule has 3 aliphatic heterocycles. The Labute approximate surface area is 209 Å². The summed E-state index contributed by atoms with van der Waals surface area (Å²) in [6.07, 6.45) is 12.5. The number of fused-ring (bicyclic) bond motifs is 3. The van der Waals surface area contributed by atoms with Crippen molar-refractivity contribution in [3.63, 3.8) is 0 Å². The number of nitrogens with zero attached hydrogens (tertiary/aromatic N) is 3. The van der Waals surface area contributed by atoms with Gasteiger partial charge in [0.25, 0.3) is 0 Å². The van der Waals surface area contributed by atoms with Gasteiger partial charge in [0.05, 0.1) is 5.41 Å². The van der Waals surface area contributed by atoms with Gasteiger partial charge in [-0.05, 0) is 93.9 Å². The molecule has 3 aromatic rings. The molecule has 4 heteroatoms. The lowest BCUT2D eigenvalue weighted by atomic mass is 9.71. The first kappa shape index (κ1) is 22.7. The van der Waals surface area contributed by atoms with Crippen molar-refractivity contribution in [2.45, 2.75) is 63.5 Å². The van der Waals surface area contributed by atoms with Crippen LogP contribution in [0.4, 0.5) is 0 Å². The van der Waals surface area contributed by atoms with E-state index in [-0.39, 0.29) is 5.41 Å². The lowest BCUT2D eigenvalue weighted by Gasteiger charge is -2.47. The highest BCUT2D eigenvalue weighted by Gasteiger charge is 2.50. The fraction of sp³-hybridized carbons (Fsp3) is 0.484. The van der Waals surface area contributed by atoms with Gasteiger partial charge in [0, 0.05) is 29.9 Å². The van der Waals surface area contributed by atoms with E-state index in [1.807, 2.05) is 6.20 Å². The molecule has 35 heavy (non-hydrogen) atoms. The Morgan fingerprint density at radius 3 is 2.37 bits per heavy atom. The highest BCUT2D eigenvalue weighted by Crippen LogP contribution is 2.45. The van der Waals surface area contributed by atoms with Crippen LogP contribution >= 0.6 is 0 Å². The second kappa shape index (κ2) is 9.39. The highest BCUT2D eigenvalue weighted by molar-refractivity contribution is 5.85. The van der Waals surface area contributed by atoms with E-state index in [9.17, 15) is 4.79 Å². The van der Waals surface area contributed by atoms with Gasteiger partial charge < -0.3 is 9.80 Å². The van der Waals surface area contributed by atoms with Gasteiger partial charge in [0.15, 0.2) is 0 Å². The molecule has 2 atom stereocenters. The second-order valence-corrected chi connectivity index (χ2v) is 11.4. The summed E-state index contributed by atoms with van der Waals surface area (Å²) in [5, 5.41) is 2.56. The topological polar surface area (TPSA) is 36.4 Å². The maximum absolute atomic E-state index is 14.4. The summed E-state index contributed by atoms with van der Waals surface area (Å²) in [6, 6.07) is 20.1. The first-order valence-electron chi connectivity index (χ1n) is 13.5. The first-order chi connectivity index (χ1) is 17.1. The zero-order valence-electron chi connectivity index (χ0n) is 20.9. The number of pyridine rings is 1. The van der Waals surface area contributed by atoms with Crippen LogP contribution in [0.25, 0.3) is 10.8 Å². The van der Waals surface area contributed by atoms with Crippen LogP contribution in [0.15, 0.2) is 67.0 Å². The molecule has 6 rings (SSSR count). The van der Waals surface area contributed by atoms with Crippen molar-refractivity contribution < 1.29 is 4.79 Å². The Morgan fingerprint density at radius 2 is 1.63 bits per heavy atom.